The van der Waals surface area contributed by atoms with Crippen molar-refractivity contribution in [2.45, 2.75) is 18.2 Å². The van der Waals surface area contributed by atoms with Gasteiger partial charge in [0.15, 0.2) is 0 Å². The summed E-state index contributed by atoms with van der Waals surface area (Å²) in [5.74, 6) is 0. The molecule has 0 amide bonds. The van der Waals surface area contributed by atoms with E-state index in [2.05, 4.69) is 10.2 Å². The van der Waals surface area contributed by atoms with E-state index in [1.807, 2.05) is 31.2 Å². The van der Waals surface area contributed by atoms with E-state index in [4.69, 9.17) is 4.18 Å². The summed E-state index contributed by atoms with van der Waals surface area (Å²) in [6.07, 6.45) is 2.12. The summed E-state index contributed by atoms with van der Waals surface area (Å²) in [6, 6.07) is 14.2. The fraction of sp³-hybridized carbons (Fsp3) is 0.176. The molecule has 118 valence electrons. The van der Waals surface area contributed by atoms with Gasteiger partial charge in [-0.15, -0.1) is 0 Å². The van der Waals surface area contributed by atoms with E-state index in [0.29, 0.717) is 6.42 Å². The Morgan fingerprint density at radius 1 is 1.04 bits per heavy atom. The number of benzene rings is 2. The second kappa shape index (κ2) is 6.44. The third kappa shape index (κ3) is 3.72. The third-order valence-electron chi connectivity index (χ3n) is 3.52. The smallest absolute Gasteiger partial charge is 0.266 e. The third-order valence-corrected chi connectivity index (χ3v) is 4.85. The zero-order valence-corrected chi connectivity index (χ0v) is 13.5. The van der Waals surface area contributed by atoms with Crippen LogP contribution >= 0.6 is 0 Å². The van der Waals surface area contributed by atoms with E-state index in [0.717, 1.165) is 22.0 Å². The van der Waals surface area contributed by atoms with Crippen molar-refractivity contribution in [1.29, 1.82) is 0 Å². The molecule has 1 aromatic heterocycles. The van der Waals surface area contributed by atoms with Crippen LogP contribution in [0, 0.1) is 6.92 Å². The van der Waals surface area contributed by atoms with Crippen LogP contribution in [0.5, 0.6) is 0 Å². The highest BCUT2D eigenvalue weighted by molar-refractivity contribution is 7.86. The van der Waals surface area contributed by atoms with Gasteiger partial charge in [0.2, 0.25) is 0 Å². The van der Waals surface area contributed by atoms with E-state index in [-0.39, 0.29) is 11.5 Å². The highest BCUT2D eigenvalue weighted by Crippen LogP contribution is 2.15. The number of nitrogens with zero attached hydrogens (tertiary/aromatic N) is 2. The summed E-state index contributed by atoms with van der Waals surface area (Å²) in [5.41, 5.74) is 2.74. The van der Waals surface area contributed by atoms with Gasteiger partial charge in [0.25, 0.3) is 10.1 Å². The fourth-order valence-corrected chi connectivity index (χ4v) is 3.13. The minimum atomic E-state index is -3.72. The van der Waals surface area contributed by atoms with E-state index in [9.17, 15) is 8.42 Å². The average Bonchev–Trinajstić information content (AvgIpc) is 2.55. The van der Waals surface area contributed by atoms with Gasteiger partial charge in [-0.3, -0.25) is 4.18 Å². The van der Waals surface area contributed by atoms with Crippen LogP contribution in [0.1, 0.15) is 11.1 Å². The summed E-state index contributed by atoms with van der Waals surface area (Å²) in [6.45, 7) is 1.99. The van der Waals surface area contributed by atoms with Crippen LogP contribution in [0.2, 0.25) is 0 Å². The lowest BCUT2D eigenvalue weighted by atomic mass is 10.1. The SMILES string of the molecule is Cc1ccc(S(=O)(=O)OCCc2ccc3ccnnc3c2)cc1. The Morgan fingerprint density at radius 3 is 2.61 bits per heavy atom. The fourth-order valence-electron chi connectivity index (χ4n) is 2.22. The summed E-state index contributed by atoms with van der Waals surface area (Å²) in [4.78, 5) is 0.174. The van der Waals surface area contributed by atoms with Crippen LogP contribution < -0.4 is 0 Å². The molecule has 0 bridgehead atoms. The zero-order valence-electron chi connectivity index (χ0n) is 12.6. The molecule has 0 radical (unpaired) electrons. The number of aromatic nitrogens is 2. The van der Waals surface area contributed by atoms with Gasteiger partial charge in [0.1, 0.15) is 0 Å². The Balaban J connectivity index is 1.66. The Hall–Kier alpha value is -2.31. The molecule has 3 rings (SSSR count). The molecule has 0 aliphatic carbocycles. The first-order valence-corrected chi connectivity index (χ1v) is 8.62. The van der Waals surface area contributed by atoms with E-state index in [1.165, 1.54) is 0 Å². The standard InChI is InChI=1S/C17H16N2O3S/c1-13-2-6-16(7-3-13)23(20,21)22-11-9-14-4-5-15-8-10-18-19-17(15)12-14/h2-8,10,12H,9,11H2,1H3. The van der Waals surface area contributed by atoms with Gasteiger partial charge >= 0.3 is 0 Å². The van der Waals surface area contributed by atoms with Crippen molar-refractivity contribution in [3.63, 3.8) is 0 Å². The van der Waals surface area contributed by atoms with Crippen molar-refractivity contribution in [3.05, 3.63) is 65.9 Å². The van der Waals surface area contributed by atoms with E-state index < -0.39 is 10.1 Å². The maximum Gasteiger partial charge on any atom is 0.296 e. The molecule has 0 aliphatic rings. The molecule has 0 saturated heterocycles. The maximum atomic E-state index is 12.1. The number of rotatable bonds is 5. The molecular formula is C17H16N2O3S. The van der Waals surface area contributed by atoms with Crippen LogP contribution in [-0.4, -0.2) is 25.2 Å². The molecule has 0 N–H and O–H groups in total. The second-order valence-electron chi connectivity index (χ2n) is 5.26. The lowest BCUT2D eigenvalue weighted by molar-refractivity contribution is 0.322. The minimum absolute atomic E-state index is 0.0853. The van der Waals surface area contributed by atoms with Crippen molar-refractivity contribution in [2.75, 3.05) is 6.61 Å². The number of hydrogen-bond donors (Lipinski definition) is 0. The molecule has 0 saturated carbocycles. The molecular weight excluding hydrogens is 312 g/mol. The normalized spacial score (nSPS) is 11.7. The number of aryl methyl sites for hydroxylation is 1. The maximum absolute atomic E-state index is 12.1. The van der Waals surface area contributed by atoms with Gasteiger partial charge < -0.3 is 0 Å². The van der Waals surface area contributed by atoms with Crippen molar-refractivity contribution < 1.29 is 12.6 Å². The Bertz CT molecular complexity index is 922. The summed E-state index contributed by atoms with van der Waals surface area (Å²) < 4.78 is 29.3. The van der Waals surface area contributed by atoms with Crippen LogP contribution in [0.25, 0.3) is 10.9 Å². The molecule has 0 spiro atoms. The predicted octanol–water partition coefficient (Wildman–Crippen LogP) is 2.89. The molecule has 0 fully saturated rings. The average molecular weight is 328 g/mol. The van der Waals surface area contributed by atoms with Crippen LogP contribution in [0.4, 0.5) is 0 Å². The van der Waals surface area contributed by atoms with Crippen molar-refractivity contribution >= 4 is 21.0 Å². The van der Waals surface area contributed by atoms with Gasteiger partial charge in [0.05, 0.1) is 23.2 Å². The molecule has 6 heteroatoms. The molecule has 5 nitrogen and oxygen atoms in total. The molecule has 0 unspecified atom stereocenters. The molecule has 3 aromatic rings. The van der Waals surface area contributed by atoms with Crippen LogP contribution in [0.3, 0.4) is 0 Å². The van der Waals surface area contributed by atoms with Gasteiger partial charge in [-0.25, -0.2) is 0 Å². The molecule has 1 heterocycles. The summed E-state index contributed by atoms with van der Waals surface area (Å²) >= 11 is 0. The highest BCUT2D eigenvalue weighted by Gasteiger charge is 2.14. The van der Waals surface area contributed by atoms with E-state index in [1.54, 1.807) is 30.5 Å². The first-order valence-electron chi connectivity index (χ1n) is 7.21. The van der Waals surface area contributed by atoms with Crippen molar-refractivity contribution in [3.8, 4) is 0 Å². The number of hydrogen-bond acceptors (Lipinski definition) is 5. The van der Waals surface area contributed by atoms with Gasteiger partial charge in [-0.05, 0) is 43.2 Å². The van der Waals surface area contributed by atoms with E-state index >= 15 is 0 Å². The quantitative estimate of drug-likeness (QED) is 0.674. The van der Waals surface area contributed by atoms with Gasteiger partial charge in [-0.2, -0.15) is 18.6 Å². The first kappa shape index (κ1) is 15.6. The Kier molecular flexibility index (Phi) is 4.36. The van der Waals surface area contributed by atoms with Gasteiger partial charge in [-0.1, -0.05) is 29.8 Å². The van der Waals surface area contributed by atoms with Crippen LogP contribution in [0.15, 0.2) is 59.6 Å². The molecule has 23 heavy (non-hydrogen) atoms. The monoisotopic (exact) mass is 328 g/mol. The number of fused-ring (bicyclic) bond motifs is 1. The summed E-state index contributed by atoms with van der Waals surface area (Å²) in [5, 5.41) is 8.89. The topological polar surface area (TPSA) is 69.2 Å². The Labute approximate surface area is 135 Å². The zero-order chi connectivity index (χ0) is 16.3. The highest BCUT2D eigenvalue weighted by atomic mass is 32.2. The second-order valence-corrected chi connectivity index (χ2v) is 6.88. The molecule has 0 aliphatic heterocycles. The Morgan fingerprint density at radius 2 is 1.83 bits per heavy atom. The van der Waals surface area contributed by atoms with Gasteiger partial charge in [0, 0.05) is 5.39 Å². The molecule has 0 atom stereocenters. The van der Waals surface area contributed by atoms with Crippen molar-refractivity contribution in [2.24, 2.45) is 0 Å². The van der Waals surface area contributed by atoms with Crippen LogP contribution in [-0.2, 0) is 20.7 Å². The summed E-state index contributed by atoms with van der Waals surface area (Å²) in [7, 11) is -3.72. The lowest BCUT2D eigenvalue weighted by Crippen LogP contribution is -2.09. The first-order chi connectivity index (χ1) is 11.0. The lowest BCUT2D eigenvalue weighted by Gasteiger charge is -2.06. The van der Waals surface area contributed by atoms with Crippen molar-refractivity contribution in [1.82, 2.24) is 10.2 Å². The predicted molar refractivity (Wildman–Crippen MR) is 87.6 cm³/mol. The largest absolute Gasteiger partial charge is 0.296 e. The minimum Gasteiger partial charge on any atom is -0.266 e. The molecule has 2 aromatic carbocycles.